The minimum atomic E-state index is -1.23. The summed E-state index contributed by atoms with van der Waals surface area (Å²) in [4.78, 5) is 25.7. The molecule has 0 aromatic heterocycles. The summed E-state index contributed by atoms with van der Waals surface area (Å²) in [5.74, 6) is -2.41. The predicted molar refractivity (Wildman–Crippen MR) is 123 cm³/mol. The first-order chi connectivity index (χ1) is 15.8. The highest BCUT2D eigenvalue weighted by Crippen LogP contribution is 2.32. The van der Waals surface area contributed by atoms with Crippen molar-refractivity contribution in [2.24, 2.45) is 0 Å². The topological polar surface area (TPSA) is 67.4 Å². The SMILES string of the molecule is CCc1c(F)cccc1NC(=O)[C@@H](NC(=O)OC)[C@H](c1cccc(F)c1)c1cccc(Cl)c1. The Morgan fingerprint density at radius 1 is 1.00 bits per heavy atom. The molecule has 3 aromatic rings. The number of nitrogens with one attached hydrogen (secondary N) is 2. The molecular weight excluding hydrogens is 450 g/mol. The highest BCUT2D eigenvalue weighted by atomic mass is 35.5. The van der Waals surface area contributed by atoms with E-state index in [1.165, 1.54) is 37.4 Å². The number of carbonyl (C=O) groups is 2. The molecule has 0 heterocycles. The third-order valence-electron chi connectivity index (χ3n) is 5.22. The van der Waals surface area contributed by atoms with Crippen LogP contribution in [0.25, 0.3) is 0 Å². The molecule has 0 aliphatic heterocycles. The van der Waals surface area contributed by atoms with Crippen molar-refractivity contribution in [1.29, 1.82) is 0 Å². The normalized spacial score (nSPS) is 12.5. The standard InChI is InChI=1S/C25H23ClF2N2O3/c1-3-19-20(28)11-6-12-21(19)29-24(31)23(30-25(32)33-2)22(15-7-4-9-17(26)13-15)16-8-5-10-18(27)14-16/h4-14,22-23H,3H2,1-2H3,(H,29,31)(H,30,32)/t22-,23-/m0/s1. The van der Waals surface area contributed by atoms with Gasteiger partial charge in [0.1, 0.15) is 17.7 Å². The lowest BCUT2D eigenvalue weighted by atomic mass is 9.84. The van der Waals surface area contributed by atoms with Gasteiger partial charge in [0.25, 0.3) is 0 Å². The van der Waals surface area contributed by atoms with Gasteiger partial charge >= 0.3 is 6.09 Å². The molecule has 0 spiro atoms. The molecule has 0 radical (unpaired) electrons. The summed E-state index contributed by atoms with van der Waals surface area (Å²) in [5.41, 5.74) is 1.61. The number of carbonyl (C=O) groups excluding carboxylic acids is 2. The molecule has 0 aliphatic carbocycles. The molecule has 0 unspecified atom stereocenters. The molecule has 0 saturated heterocycles. The third kappa shape index (κ3) is 5.87. The largest absolute Gasteiger partial charge is 0.453 e. The van der Waals surface area contributed by atoms with E-state index in [1.54, 1.807) is 43.3 Å². The van der Waals surface area contributed by atoms with Crippen molar-refractivity contribution in [1.82, 2.24) is 5.32 Å². The van der Waals surface area contributed by atoms with Crippen LogP contribution in [0, 0.1) is 11.6 Å². The maximum atomic E-state index is 14.2. The van der Waals surface area contributed by atoms with E-state index in [-0.39, 0.29) is 5.69 Å². The van der Waals surface area contributed by atoms with Gasteiger partial charge in [0.05, 0.1) is 7.11 Å². The number of anilines is 1. The van der Waals surface area contributed by atoms with E-state index in [1.807, 2.05) is 0 Å². The zero-order chi connectivity index (χ0) is 24.0. The molecule has 8 heteroatoms. The molecule has 33 heavy (non-hydrogen) atoms. The second-order valence-corrected chi connectivity index (χ2v) is 7.75. The highest BCUT2D eigenvalue weighted by Gasteiger charge is 2.33. The van der Waals surface area contributed by atoms with Gasteiger partial charge in [0, 0.05) is 22.2 Å². The molecule has 3 rings (SSSR count). The Hall–Kier alpha value is -3.45. The van der Waals surface area contributed by atoms with Gasteiger partial charge in [0.15, 0.2) is 0 Å². The van der Waals surface area contributed by atoms with Crippen LogP contribution in [0.3, 0.4) is 0 Å². The number of halogens is 3. The van der Waals surface area contributed by atoms with Gasteiger partial charge in [-0.2, -0.15) is 0 Å². The van der Waals surface area contributed by atoms with Crippen molar-refractivity contribution in [3.8, 4) is 0 Å². The number of amides is 2. The summed E-state index contributed by atoms with van der Waals surface area (Å²) in [6, 6.07) is 15.6. The summed E-state index contributed by atoms with van der Waals surface area (Å²) < 4.78 is 33.1. The zero-order valence-electron chi connectivity index (χ0n) is 18.1. The first-order valence-electron chi connectivity index (χ1n) is 10.3. The Morgan fingerprint density at radius 2 is 1.67 bits per heavy atom. The van der Waals surface area contributed by atoms with Crippen LogP contribution in [0.1, 0.15) is 29.5 Å². The van der Waals surface area contributed by atoms with Crippen LogP contribution in [0.2, 0.25) is 5.02 Å². The number of methoxy groups -OCH3 is 1. The average molecular weight is 473 g/mol. The molecule has 5 nitrogen and oxygen atoms in total. The van der Waals surface area contributed by atoms with Crippen LogP contribution in [-0.2, 0) is 16.0 Å². The summed E-state index contributed by atoms with van der Waals surface area (Å²) >= 11 is 6.18. The van der Waals surface area contributed by atoms with E-state index < -0.39 is 35.6 Å². The van der Waals surface area contributed by atoms with Gasteiger partial charge in [-0.25, -0.2) is 13.6 Å². The number of benzene rings is 3. The van der Waals surface area contributed by atoms with E-state index in [4.69, 9.17) is 16.3 Å². The maximum Gasteiger partial charge on any atom is 0.407 e. The molecule has 0 fully saturated rings. The maximum absolute atomic E-state index is 14.2. The number of hydrogen-bond acceptors (Lipinski definition) is 3. The summed E-state index contributed by atoms with van der Waals surface area (Å²) in [7, 11) is 1.17. The lowest BCUT2D eigenvalue weighted by Crippen LogP contribution is -2.48. The molecule has 0 saturated carbocycles. The van der Waals surface area contributed by atoms with E-state index in [2.05, 4.69) is 10.6 Å². The van der Waals surface area contributed by atoms with Crippen LogP contribution in [-0.4, -0.2) is 25.2 Å². The number of alkyl carbamates (subject to hydrolysis) is 1. The van der Waals surface area contributed by atoms with Crippen LogP contribution < -0.4 is 10.6 Å². The minimum Gasteiger partial charge on any atom is -0.453 e. The predicted octanol–water partition coefficient (Wildman–Crippen LogP) is 5.68. The average Bonchev–Trinajstić information content (AvgIpc) is 2.79. The summed E-state index contributed by atoms with van der Waals surface area (Å²) in [6.07, 6.45) is -0.507. The lowest BCUT2D eigenvalue weighted by Gasteiger charge is -2.28. The van der Waals surface area contributed by atoms with Crippen molar-refractivity contribution < 1.29 is 23.1 Å². The minimum absolute atomic E-state index is 0.281. The Labute approximate surface area is 195 Å². The molecule has 2 atom stereocenters. The van der Waals surface area contributed by atoms with Crippen molar-refractivity contribution in [3.05, 3.63) is 100 Å². The number of ether oxygens (including phenoxy) is 1. The molecule has 3 aromatic carbocycles. The number of rotatable bonds is 7. The quantitative estimate of drug-likeness (QED) is 0.465. The first-order valence-corrected chi connectivity index (χ1v) is 10.7. The molecule has 0 bridgehead atoms. The highest BCUT2D eigenvalue weighted by molar-refractivity contribution is 6.30. The Kier molecular flexibility index (Phi) is 8.01. The van der Waals surface area contributed by atoms with E-state index in [9.17, 15) is 18.4 Å². The van der Waals surface area contributed by atoms with Crippen molar-refractivity contribution >= 4 is 29.3 Å². The zero-order valence-corrected chi connectivity index (χ0v) is 18.8. The number of hydrogen-bond donors (Lipinski definition) is 2. The van der Waals surface area contributed by atoms with Gasteiger partial charge in [-0.1, -0.05) is 48.9 Å². The van der Waals surface area contributed by atoms with Crippen LogP contribution in [0.15, 0.2) is 66.7 Å². The molecule has 172 valence electrons. The van der Waals surface area contributed by atoms with E-state index >= 15 is 0 Å². The fourth-order valence-electron chi connectivity index (χ4n) is 3.71. The fourth-order valence-corrected chi connectivity index (χ4v) is 3.91. The molecular formula is C25H23ClF2N2O3. The molecule has 0 aliphatic rings. The Morgan fingerprint density at radius 3 is 2.30 bits per heavy atom. The van der Waals surface area contributed by atoms with Crippen molar-refractivity contribution in [3.63, 3.8) is 0 Å². The third-order valence-corrected chi connectivity index (χ3v) is 5.46. The van der Waals surface area contributed by atoms with Gasteiger partial charge in [0.2, 0.25) is 5.91 Å². The molecule has 2 amide bonds. The monoisotopic (exact) mass is 472 g/mol. The van der Waals surface area contributed by atoms with Crippen molar-refractivity contribution in [2.75, 3.05) is 12.4 Å². The van der Waals surface area contributed by atoms with Gasteiger partial charge < -0.3 is 15.4 Å². The Bertz CT molecular complexity index is 1110. The van der Waals surface area contributed by atoms with E-state index in [0.29, 0.717) is 28.1 Å². The second kappa shape index (κ2) is 10.9. The summed E-state index contributed by atoms with van der Waals surface area (Å²) in [6.45, 7) is 1.76. The fraction of sp³-hybridized carbons (Fsp3) is 0.200. The van der Waals surface area contributed by atoms with Gasteiger partial charge in [-0.05, 0) is 53.9 Å². The van der Waals surface area contributed by atoms with E-state index in [0.717, 1.165) is 0 Å². The van der Waals surface area contributed by atoms with Crippen LogP contribution >= 0.6 is 11.6 Å². The van der Waals surface area contributed by atoms with Gasteiger partial charge in [-0.15, -0.1) is 0 Å². The van der Waals surface area contributed by atoms with Crippen LogP contribution in [0.5, 0.6) is 0 Å². The molecule has 2 N–H and O–H groups in total. The van der Waals surface area contributed by atoms with Gasteiger partial charge in [-0.3, -0.25) is 4.79 Å². The summed E-state index contributed by atoms with van der Waals surface area (Å²) in [5, 5.41) is 5.65. The van der Waals surface area contributed by atoms with Crippen LogP contribution in [0.4, 0.5) is 19.3 Å². The Balaban J connectivity index is 2.10. The first kappa shape index (κ1) is 24.2. The smallest absolute Gasteiger partial charge is 0.407 e. The second-order valence-electron chi connectivity index (χ2n) is 7.31. The van der Waals surface area contributed by atoms with Crippen molar-refractivity contribution in [2.45, 2.75) is 25.3 Å². The lowest BCUT2D eigenvalue weighted by molar-refractivity contribution is -0.118.